The Kier molecular flexibility index (Phi) is 4.75. The molecule has 1 aromatic heterocycles. The highest BCUT2D eigenvalue weighted by Crippen LogP contribution is 2.30. The second-order valence-corrected chi connectivity index (χ2v) is 5.62. The molecule has 0 unspecified atom stereocenters. The summed E-state index contributed by atoms with van der Waals surface area (Å²) in [4.78, 5) is 12.1. The minimum absolute atomic E-state index is 0.0157. The van der Waals surface area contributed by atoms with Crippen LogP contribution in [0.4, 0.5) is 18.9 Å². The number of anilines is 1. The van der Waals surface area contributed by atoms with Gasteiger partial charge in [0.2, 0.25) is 0 Å². The number of fused-ring (bicyclic) bond motifs is 1. The second-order valence-electron chi connectivity index (χ2n) is 5.62. The van der Waals surface area contributed by atoms with E-state index in [1.165, 1.54) is 12.1 Å². The van der Waals surface area contributed by atoms with Crippen LogP contribution >= 0.6 is 0 Å². The molecule has 0 aliphatic rings. The van der Waals surface area contributed by atoms with Gasteiger partial charge in [0.05, 0.1) is 18.4 Å². The van der Waals surface area contributed by atoms with Crippen molar-refractivity contribution in [3.05, 3.63) is 60.3 Å². The normalized spacial score (nSPS) is 11.4. The van der Waals surface area contributed by atoms with Crippen molar-refractivity contribution < 1.29 is 22.7 Å². The highest BCUT2D eigenvalue weighted by molar-refractivity contribution is 5.84. The third kappa shape index (κ3) is 3.90. The molecule has 0 saturated carbocycles. The van der Waals surface area contributed by atoms with Gasteiger partial charge in [0.15, 0.2) is 0 Å². The number of rotatable bonds is 5. The Hall–Kier alpha value is -3.16. The van der Waals surface area contributed by atoms with E-state index in [0.717, 1.165) is 23.0 Å². The molecule has 2 N–H and O–H groups in total. The van der Waals surface area contributed by atoms with Crippen LogP contribution in [0.15, 0.2) is 54.7 Å². The standard InChI is InChI=1S/C18H16F3N3O2/c1-26-15-5-6-16-12(9-15)7-8-24(16)11-17(25)23-22-14-4-2-3-13(10-14)18(19,20)21/h2-10,22H,11H2,1H3,(H,23,25). The second kappa shape index (κ2) is 6.99. The van der Waals surface area contributed by atoms with E-state index in [1.807, 2.05) is 18.2 Å². The summed E-state index contributed by atoms with van der Waals surface area (Å²) < 4.78 is 45.0. The number of hydrogen-bond donors (Lipinski definition) is 2. The molecule has 0 aliphatic heterocycles. The maximum Gasteiger partial charge on any atom is 0.416 e. The van der Waals surface area contributed by atoms with Crippen LogP contribution in [0.25, 0.3) is 10.9 Å². The lowest BCUT2D eigenvalue weighted by atomic mass is 10.2. The van der Waals surface area contributed by atoms with Crippen LogP contribution in [0.1, 0.15) is 5.56 Å². The lowest BCUT2D eigenvalue weighted by Crippen LogP contribution is -2.32. The van der Waals surface area contributed by atoms with Crippen LogP contribution in [-0.4, -0.2) is 17.6 Å². The first kappa shape index (κ1) is 17.7. The highest BCUT2D eigenvalue weighted by Gasteiger charge is 2.30. The first-order chi connectivity index (χ1) is 12.4. The third-order valence-corrected chi connectivity index (χ3v) is 3.83. The fraction of sp³-hybridized carbons (Fsp3) is 0.167. The van der Waals surface area contributed by atoms with Crippen molar-refractivity contribution in [1.29, 1.82) is 0 Å². The summed E-state index contributed by atoms with van der Waals surface area (Å²) in [6.07, 6.45) is -2.68. The van der Waals surface area contributed by atoms with Crippen molar-refractivity contribution in [2.75, 3.05) is 12.5 Å². The fourth-order valence-corrected chi connectivity index (χ4v) is 2.55. The van der Waals surface area contributed by atoms with Crippen molar-refractivity contribution >= 4 is 22.5 Å². The summed E-state index contributed by atoms with van der Waals surface area (Å²) >= 11 is 0. The maximum atomic E-state index is 12.7. The van der Waals surface area contributed by atoms with Gasteiger partial charge in [0, 0.05) is 17.1 Å². The van der Waals surface area contributed by atoms with Gasteiger partial charge >= 0.3 is 6.18 Å². The van der Waals surface area contributed by atoms with E-state index in [0.29, 0.717) is 5.75 Å². The van der Waals surface area contributed by atoms with Crippen LogP contribution in [0.5, 0.6) is 5.75 Å². The molecule has 3 rings (SSSR count). The zero-order chi connectivity index (χ0) is 18.7. The van der Waals surface area contributed by atoms with Gasteiger partial charge in [-0.25, -0.2) is 0 Å². The lowest BCUT2D eigenvalue weighted by molar-refractivity contribution is -0.137. The van der Waals surface area contributed by atoms with Gasteiger partial charge in [-0.15, -0.1) is 0 Å². The van der Waals surface area contributed by atoms with Crippen LogP contribution in [0.2, 0.25) is 0 Å². The molecule has 0 spiro atoms. The Morgan fingerprint density at radius 1 is 1.15 bits per heavy atom. The smallest absolute Gasteiger partial charge is 0.416 e. The number of halogens is 3. The van der Waals surface area contributed by atoms with E-state index in [4.69, 9.17) is 4.74 Å². The summed E-state index contributed by atoms with van der Waals surface area (Å²) in [6.45, 7) is 0.0157. The Morgan fingerprint density at radius 2 is 1.96 bits per heavy atom. The van der Waals surface area contributed by atoms with Gasteiger partial charge in [-0.2, -0.15) is 13.2 Å². The summed E-state index contributed by atoms with van der Waals surface area (Å²) in [5, 5.41) is 0.919. The number of nitrogens with zero attached hydrogens (tertiary/aromatic N) is 1. The van der Waals surface area contributed by atoms with Gasteiger partial charge in [-0.05, 0) is 42.5 Å². The fourth-order valence-electron chi connectivity index (χ4n) is 2.55. The number of carbonyl (C=O) groups excluding carboxylic acids is 1. The SMILES string of the molecule is COc1ccc2c(ccn2CC(=O)NNc2cccc(C(F)(F)F)c2)c1. The highest BCUT2D eigenvalue weighted by atomic mass is 19.4. The minimum atomic E-state index is -4.44. The predicted octanol–water partition coefficient (Wildman–Crippen LogP) is 3.81. The molecule has 2 aromatic carbocycles. The number of benzene rings is 2. The summed E-state index contributed by atoms with van der Waals surface area (Å²) in [6, 6.07) is 11.9. The monoisotopic (exact) mass is 363 g/mol. The molecule has 0 atom stereocenters. The molecule has 26 heavy (non-hydrogen) atoms. The number of hydrogen-bond acceptors (Lipinski definition) is 3. The van der Waals surface area contributed by atoms with Crippen LogP contribution in [0.3, 0.4) is 0 Å². The number of carbonyl (C=O) groups is 1. The van der Waals surface area contributed by atoms with E-state index in [1.54, 1.807) is 23.9 Å². The molecule has 3 aromatic rings. The van der Waals surface area contributed by atoms with E-state index >= 15 is 0 Å². The van der Waals surface area contributed by atoms with Crippen molar-refractivity contribution in [2.24, 2.45) is 0 Å². The van der Waals surface area contributed by atoms with Crippen LogP contribution < -0.4 is 15.6 Å². The first-order valence-electron chi connectivity index (χ1n) is 7.72. The molecule has 0 bridgehead atoms. The predicted molar refractivity (Wildman–Crippen MR) is 91.7 cm³/mol. The molecular formula is C18H16F3N3O2. The Balaban J connectivity index is 1.65. The van der Waals surface area contributed by atoms with E-state index in [9.17, 15) is 18.0 Å². The maximum absolute atomic E-state index is 12.7. The first-order valence-corrected chi connectivity index (χ1v) is 7.72. The largest absolute Gasteiger partial charge is 0.497 e. The van der Waals surface area contributed by atoms with Gasteiger partial charge in [0.1, 0.15) is 12.3 Å². The quantitative estimate of drug-likeness (QED) is 0.678. The molecule has 5 nitrogen and oxygen atoms in total. The third-order valence-electron chi connectivity index (χ3n) is 3.83. The average molecular weight is 363 g/mol. The van der Waals surface area contributed by atoms with E-state index < -0.39 is 17.6 Å². The molecule has 0 radical (unpaired) electrons. The molecular weight excluding hydrogens is 347 g/mol. The van der Waals surface area contributed by atoms with Crippen molar-refractivity contribution in [2.45, 2.75) is 12.7 Å². The van der Waals surface area contributed by atoms with Crippen molar-refractivity contribution in [3.63, 3.8) is 0 Å². The van der Waals surface area contributed by atoms with Crippen LogP contribution in [-0.2, 0) is 17.5 Å². The lowest BCUT2D eigenvalue weighted by Gasteiger charge is -2.12. The number of methoxy groups -OCH3 is 1. The molecule has 1 amide bonds. The molecule has 0 aliphatic carbocycles. The number of aromatic nitrogens is 1. The zero-order valence-corrected chi connectivity index (χ0v) is 13.8. The van der Waals surface area contributed by atoms with Gasteiger partial charge < -0.3 is 9.30 Å². The zero-order valence-electron chi connectivity index (χ0n) is 13.8. The van der Waals surface area contributed by atoms with Gasteiger partial charge in [-0.1, -0.05) is 6.07 Å². The topological polar surface area (TPSA) is 55.3 Å². The summed E-state index contributed by atoms with van der Waals surface area (Å²) in [5.74, 6) is 0.321. The molecule has 8 heteroatoms. The minimum Gasteiger partial charge on any atom is -0.497 e. The Morgan fingerprint density at radius 3 is 2.69 bits per heavy atom. The molecule has 136 valence electrons. The van der Waals surface area contributed by atoms with Crippen molar-refractivity contribution in [1.82, 2.24) is 9.99 Å². The molecule has 0 fully saturated rings. The van der Waals surface area contributed by atoms with Gasteiger partial charge in [0.25, 0.3) is 5.91 Å². The Labute approximate surface area is 147 Å². The number of amides is 1. The van der Waals surface area contributed by atoms with Crippen LogP contribution in [0, 0.1) is 0 Å². The van der Waals surface area contributed by atoms with E-state index in [2.05, 4.69) is 10.9 Å². The summed E-state index contributed by atoms with van der Waals surface area (Å²) in [7, 11) is 1.57. The number of ether oxygens (including phenoxy) is 1. The number of alkyl halides is 3. The summed E-state index contributed by atoms with van der Waals surface area (Å²) in [5.41, 5.74) is 5.11. The van der Waals surface area contributed by atoms with Gasteiger partial charge in [-0.3, -0.25) is 15.6 Å². The molecule has 1 heterocycles. The van der Waals surface area contributed by atoms with E-state index in [-0.39, 0.29) is 12.2 Å². The van der Waals surface area contributed by atoms with Crippen molar-refractivity contribution in [3.8, 4) is 5.75 Å². The number of nitrogens with one attached hydrogen (secondary N) is 2. The molecule has 0 saturated heterocycles. The number of hydrazine groups is 1. The average Bonchev–Trinajstić information content (AvgIpc) is 3.01. The Bertz CT molecular complexity index is 935.